The van der Waals surface area contributed by atoms with Gasteiger partial charge in [-0.1, -0.05) is 13.8 Å². The maximum absolute atomic E-state index is 12.3. The van der Waals surface area contributed by atoms with Crippen LogP contribution >= 0.6 is 0 Å². The van der Waals surface area contributed by atoms with Crippen molar-refractivity contribution in [1.82, 2.24) is 10.2 Å². The molecule has 1 saturated carbocycles. The van der Waals surface area contributed by atoms with Gasteiger partial charge in [-0.3, -0.25) is 9.59 Å². The number of rotatable bonds is 8. The first-order chi connectivity index (χ1) is 9.56. The lowest BCUT2D eigenvalue weighted by atomic mass is 10.0. The Morgan fingerprint density at radius 2 is 2.10 bits per heavy atom. The summed E-state index contributed by atoms with van der Waals surface area (Å²) in [6.45, 7) is 6.46. The molecule has 0 spiro atoms. The molecular weight excluding hydrogens is 256 g/mol. The molecule has 0 aromatic heterocycles. The predicted octanol–water partition coefficient (Wildman–Crippen LogP) is 1.18. The fourth-order valence-corrected chi connectivity index (χ4v) is 2.49. The molecule has 5 heteroatoms. The van der Waals surface area contributed by atoms with Gasteiger partial charge in [-0.05, 0) is 37.5 Å². The van der Waals surface area contributed by atoms with Crippen LogP contribution in [0.3, 0.4) is 0 Å². The van der Waals surface area contributed by atoms with Crippen LogP contribution < -0.4 is 5.32 Å². The van der Waals surface area contributed by atoms with E-state index in [1.165, 1.54) is 12.8 Å². The van der Waals surface area contributed by atoms with Gasteiger partial charge in [0.15, 0.2) is 0 Å². The summed E-state index contributed by atoms with van der Waals surface area (Å²) in [5, 5.41) is 2.79. The summed E-state index contributed by atoms with van der Waals surface area (Å²) in [5.74, 6) is 1.17. The Labute approximate surface area is 121 Å². The minimum absolute atomic E-state index is 0.0471. The third-order valence-electron chi connectivity index (χ3n) is 3.75. The van der Waals surface area contributed by atoms with E-state index in [0.717, 1.165) is 18.9 Å². The van der Waals surface area contributed by atoms with E-state index < -0.39 is 0 Å². The van der Waals surface area contributed by atoms with Crippen molar-refractivity contribution in [2.24, 2.45) is 11.8 Å². The average Bonchev–Trinajstić information content (AvgIpc) is 3.17. The summed E-state index contributed by atoms with van der Waals surface area (Å²) in [5.41, 5.74) is 0. The Hall–Kier alpha value is -1.10. The van der Waals surface area contributed by atoms with Crippen molar-refractivity contribution in [3.8, 4) is 0 Å². The zero-order valence-electron chi connectivity index (χ0n) is 12.6. The molecule has 0 radical (unpaired) electrons. The van der Waals surface area contributed by atoms with Crippen molar-refractivity contribution in [2.75, 3.05) is 26.3 Å². The Morgan fingerprint density at radius 1 is 1.35 bits per heavy atom. The minimum Gasteiger partial charge on any atom is -0.381 e. The molecule has 1 saturated heterocycles. The monoisotopic (exact) mass is 282 g/mol. The highest BCUT2D eigenvalue weighted by molar-refractivity contribution is 5.94. The maximum Gasteiger partial charge on any atom is 0.245 e. The second kappa shape index (κ2) is 7.07. The quantitative estimate of drug-likeness (QED) is 0.680. The fraction of sp³-hybridized carbons (Fsp3) is 0.867. The molecule has 1 heterocycles. The van der Waals surface area contributed by atoms with E-state index in [0.29, 0.717) is 25.5 Å². The molecule has 0 aromatic carbocycles. The highest BCUT2D eigenvalue weighted by Gasteiger charge is 2.32. The van der Waals surface area contributed by atoms with E-state index in [1.54, 1.807) is 4.90 Å². The zero-order valence-corrected chi connectivity index (χ0v) is 12.6. The van der Waals surface area contributed by atoms with Crippen molar-refractivity contribution in [3.05, 3.63) is 0 Å². The highest BCUT2D eigenvalue weighted by atomic mass is 16.5. The molecule has 1 aliphatic carbocycles. The maximum atomic E-state index is 12.3. The molecule has 0 aromatic rings. The number of hydrogen-bond donors (Lipinski definition) is 1. The lowest BCUT2D eigenvalue weighted by Gasteiger charge is -2.33. The number of ether oxygens (including phenoxy) is 1. The van der Waals surface area contributed by atoms with Crippen LogP contribution in [0.1, 0.15) is 39.5 Å². The zero-order chi connectivity index (χ0) is 14.5. The summed E-state index contributed by atoms with van der Waals surface area (Å²) >= 11 is 0. The van der Waals surface area contributed by atoms with Crippen molar-refractivity contribution >= 4 is 11.8 Å². The van der Waals surface area contributed by atoms with Crippen LogP contribution in [-0.2, 0) is 14.3 Å². The molecule has 2 rings (SSSR count). The summed E-state index contributed by atoms with van der Waals surface area (Å²) in [4.78, 5) is 25.6. The first kappa shape index (κ1) is 15.3. The van der Waals surface area contributed by atoms with Gasteiger partial charge in [0.1, 0.15) is 6.04 Å². The number of nitrogens with one attached hydrogen (secondary N) is 1. The Bertz CT molecular complexity index is 353. The van der Waals surface area contributed by atoms with E-state index in [-0.39, 0.29) is 24.4 Å². The summed E-state index contributed by atoms with van der Waals surface area (Å²) in [7, 11) is 0. The van der Waals surface area contributed by atoms with Crippen LogP contribution in [-0.4, -0.2) is 49.1 Å². The second-order valence-electron chi connectivity index (χ2n) is 6.38. The smallest absolute Gasteiger partial charge is 0.245 e. The van der Waals surface area contributed by atoms with Crippen LogP contribution in [0.2, 0.25) is 0 Å². The van der Waals surface area contributed by atoms with E-state index in [4.69, 9.17) is 4.74 Å². The number of carbonyl (C=O) groups is 2. The van der Waals surface area contributed by atoms with Crippen molar-refractivity contribution in [3.63, 3.8) is 0 Å². The third kappa shape index (κ3) is 4.78. The summed E-state index contributed by atoms with van der Waals surface area (Å²) < 4.78 is 5.56. The van der Waals surface area contributed by atoms with E-state index >= 15 is 0 Å². The average molecular weight is 282 g/mol. The molecule has 2 fully saturated rings. The van der Waals surface area contributed by atoms with Gasteiger partial charge in [0.2, 0.25) is 11.8 Å². The molecule has 1 atom stereocenters. The second-order valence-corrected chi connectivity index (χ2v) is 6.38. The Kier molecular flexibility index (Phi) is 5.40. The standard InChI is InChI=1S/C15H26N2O3/c1-11(2)8-13-15(19)17(9-14(18)16-13)6-3-7-20-10-12-4-5-12/h11-13H,3-10H2,1-2H3,(H,16,18). The lowest BCUT2D eigenvalue weighted by Crippen LogP contribution is -2.58. The molecule has 0 bridgehead atoms. The predicted molar refractivity (Wildman–Crippen MR) is 76.1 cm³/mol. The first-order valence-electron chi connectivity index (χ1n) is 7.72. The highest BCUT2D eigenvalue weighted by Crippen LogP contribution is 2.28. The van der Waals surface area contributed by atoms with E-state index in [1.807, 2.05) is 0 Å². The molecule has 1 unspecified atom stereocenters. The van der Waals surface area contributed by atoms with Gasteiger partial charge in [0.05, 0.1) is 6.54 Å². The Balaban J connectivity index is 1.70. The van der Waals surface area contributed by atoms with Gasteiger partial charge in [-0.15, -0.1) is 0 Å². The van der Waals surface area contributed by atoms with Gasteiger partial charge in [-0.2, -0.15) is 0 Å². The van der Waals surface area contributed by atoms with Gasteiger partial charge < -0.3 is 15.0 Å². The van der Waals surface area contributed by atoms with E-state index in [2.05, 4.69) is 19.2 Å². The SMILES string of the molecule is CC(C)CC1NC(=O)CN(CCCOCC2CC2)C1=O. The number of nitrogens with zero attached hydrogens (tertiary/aromatic N) is 1. The van der Waals surface area contributed by atoms with Crippen LogP contribution in [0.4, 0.5) is 0 Å². The number of piperazine rings is 1. The summed E-state index contributed by atoms with van der Waals surface area (Å²) in [6.07, 6.45) is 4.10. The lowest BCUT2D eigenvalue weighted by molar-refractivity contribution is -0.144. The van der Waals surface area contributed by atoms with Gasteiger partial charge in [0.25, 0.3) is 0 Å². The summed E-state index contributed by atoms with van der Waals surface area (Å²) in [6, 6.07) is -0.344. The number of hydrogen-bond acceptors (Lipinski definition) is 3. The largest absolute Gasteiger partial charge is 0.381 e. The molecule has 2 amide bonds. The molecule has 114 valence electrons. The molecule has 2 aliphatic rings. The topological polar surface area (TPSA) is 58.6 Å². The van der Waals surface area contributed by atoms with Gasteiger partial charge in [-0.25, -0.2) is 0 Å². The van der Waals surface area contributed by atoms with E-state index in [9.17, 15) is 9.59 Å². The van der Waals surface area contributed by atoms with Crippen molar-refractivity contribution < 1.29 is 14.3 Å². The van der Waals surface area contributed by atoms with Crippen molar-refractivity contribution in [1.29, 1.82) is 0 Å². The normalized spacial score (nSPS) is 23.4. The van der Waals surface area contributed by atoms with Gasteiger partial charge in [0, 0.05) is 19.8 Å². The molecule has 1 N–H and O–H groups in total. The number of amides is 2. The van der Waals surface area contributed by atoms with Gasteiger partial charge >= 0.3 is 0 Å². The van der Waals surface area contributed by atoms with Crippen LogP contribution in [0, 0.1) is 11.8 Å². The minimum atomic E-state index is -0.344. The molecule has 20 heavy (non-hydrogen) atoms. The Morgan fingerprint density at radius 3 is 2.75 bits per heavy atom. The number of carbonyl (C=O) groups excluding carboxylic acids is 2. The third-order valence-corrected chi connectivity index (χ3v) is 3.75. The van der Waals surface area contributed by atoms with Crippen LogP contribution in [0.15, 0.2) is 0 Å². The fourth-order valence-electron chi connectivity index (χ4n) is 2.49. The van der Waals surface area contributed by atoms with Crippen LogP contribution in [0.5, 0.6) is 0 Å². The molecule has 5 nitrogen and oxygen atoms in total. The molecular formula is C15H26N2O3. The first-order valence-corrected chi connectivity index (χ1v) is 7.72. The van der Waals surface area contributed by atoms with Crippen molar-refractivity contribution in [2.45, 2.75) is 45.6 Å². The molecule has 1 aliphatic heterocycles. The van der Waals surface area contributed by atoms with Crippen LogP contribution in [0.25, 0.3) is 0 Å².